The van der Waals surface area contributed by atoms with E-state index < -0.39 is 6.10 Å². The topological polar surface area (TPSA) is 29.5 Å². The predicted octanol–water partition coefficient (Wildman–Crippen LogP) is 4.77. The highest BCUT2D eigenvalue weighted by Crippen LogP contribution is 2.40. The molecule has 0 radical (unpaired) electrons. The highest BCUT2D eigenvalue weighted by Gasteiger charge is 2.24. The lowest BCUT2D eigenvalue weighted by atomic mass is 9.98. The zero-order valence-electron chi connectivity index (χ0n) is 10.4. The van der Waals surface area contributed by atoms with Gasteiger partial charge in [0.05, 0.1) is 6.61 Å². The van der Waals surface area contributed by atoms with Gasteiger partial charge in [-0.3, -0.25) is 0 Å². The van der Waals surface area contributed by atoms with Crippen molar-refractivity contribution in [3.8, 4) is 5.75 Å². The quantitative estimate of drug-likeness (QED) is 0.821. The Bertz CT molecular complexity index is 673. The van der Waals surface area contributed by atoms with Gasteiger partial charge in [-0.25, -0.2) is 0 Å². The van der Waals surface area contributed by atoms with Crippen LogP contribution in [0.3, 0.4) is 0 Å². The van der Waals surface area contributed by atoms with E-state index in [4.69, 9.17) is 27.9 Å². The van der Waals surface area contributed by atoms with E-state index in [1.54, 1.807) is 18.2 Å². The maximum Gasteiger partial charge on any atom is 0.128 e. The van der Waals surface area contributed by atoms with Crippen LogP contribution in [0.2, 0.25) is 10.0 Å². The van der Waals surface area contributed by atoms with E-state index in [-0.39, 0.29) is 0 Å². The van der Waals surface area contributed by atoms with E-state index in [1.165, 1.54) is 0 Å². The molecule has 1 N–H and O–H groups in total. The van der Waals surface area contributed by atoms with Gasteiger partial charge in [-0.15, -0.1) is 0 Å². The number of rotatable bonds is 2. The first kappa shape index (κ1) is 14.2. The summed E-state index contributed by atoms with van der Waals surface area (Å²) in [6.45, 7) is 0.613. The number of hydrogen-bond donors (Lipinski definition) is 1. The van der Waals surface area contributed by atoms with Gasteiger partial charge in [0.2, 0.25) is 0 Å². The molecule has 0 aliphatic carbocycles. The number of halogens is 3. The molecule has 0 bridgehead atoms. The molecule has 0 fully saturated rings. The molecule has 1 unspecified atom stereocenters. The third kappa shape index (κ3) is 2.56. The average Bonchev–Trinajstić information content (AvgIpc) is 2.87. The molecule has 0 saturated heterocycles. The van der Waals surface area contributed by atoms with Crippen LogP contribution in [0.15, 0.2) is 34.8 Å². The Kier molecular flexibility index (Phi) is 3.95. The second-order valence-corrected chi connectivity index (χ2v) is 6.41. The standard InChI is InChI=1S/C15H11BrCl2O2/c16-9-1-2-13(18)11(6-9)14(19)12-7-10(17)5-8-3-4-20-15(8)12/h1-2,5-7,14,19H,3-4H2. The van der Waals surface area contributed by atoms with Crippen molar-refractivity contribution in [1.82, 2.24) is 0 Å². The zero-order chi connectivity index (χ0) is 14.3. The minimum atomic E-state index is -0.870. The molecule has 0 amide bonds. The number of aliphatic hydroxyl groups is 1. The molecule has 1 aliphatic rings. The first-order valence-corrected chi connectivity index (χ1v) is 7.69. The van der Waals surface area contributed by atoms with Crippen molar-refractivity contribution in [3.05, 3.63) is 61.5 Å². The Morgan fingerprint density at radius 2 is 1.95 bits per heavy atom. The highest BCUT2D eigenvalue weighted by molar-refractivity contribution is 9.10. The van der Waals surface area contributed by atoms with Crippen molar-refractivity contribution in [2.24, 2.45) is 0 Å². The van der Waals surface area contributed by atoms with Crippen molar-refractivity contribution in [2.45, 2.75) is 12.5 Å². The SMILES string of the molecule is OC(c1cc(Br)ccc1Cl)c1cc(Cl)cc2c1OCC2. The average molecular weight is 374 g/mol. The van der Waals surface area contributed by atoms with Crippen LogP contribution in [0.5, 0.6) is 5.75 Å². The van der Waals surface area contributed by atoms with Crippen molar-refractivity contribution < 1.29 is 9.84 Å². The first-order chi connectivity index (χ1) is 9.56. The van der Waals surface area contributed by atoms with Gasteiger partial charge >= 0.3 is 0 Å². The fraction of sp³-hybridized carbons (Fsp3) is 0.200. The molecule has 2 nitrogen and oxygen atoms in total. The fourth-order valence-electron chi connectivity index (χ4n) is 2.39. The molecule has 2 aromatic carbocycles. The van der Waals surface area contributed by atoms with Gasteiger partial charge in [0.25, 0.3) is 0 Å². The lowest BCUT2D eigenvalue weighted by Gasteiger charge is -2.17. The monoisotopic (exact) mass is 372 g/mol. The summed E-state index contributed by atoms with van der Waals surface area (Å²) in [5, 5.41) is 11.7. The first-order valence-electron chi connectivity index (χ1n) is 6.14. The van der Waals surface area contributed by atoms with E-state index in [1.807, 2.05) is 12.1 Å². The van der Waals surface area contributed by atoms with Crippen LogP contribution in [0.25, 0.3) is 0 Å². The van der Waals surface area contributed by atoms with Gasteiger partial charge < -0.3 is 9.84 Å². The van der Waals surface area contributed by atoms with Crippen LogP contribution in [0, 0.1) is 0 Å². The summed E-state index contributed by atoms with van der Waals surface area (Å²) >= 11 is 15.7. The number of aliphatic hydroxyl groups excluding tert-OH is 1. The molecule has 0 aromatic heterocycles. The Morgan fingerprint density at radius 3 is 2.75 bits per heavy atom. The third-order valence-electron chi connectivity index (χ3n) is 3.32. The summed E-state index contributed by atoms with van der Waals surface area (Å²) in [6, 6.07) is 8.98. The molecule has 1 atom stereocenters. The van der Waals surface area contributed by atoms with E-state index in [9.17, 15) is 5.11 Å². The summed E-state index contributed by atoms with van der Waals surface area (Å²) in [6.07, 6.45) is -0.0625. The molecular formula is C15H11BrCl2O2. The molecule has 20 heavy (non-hydrogen) atoms. The summed E-state index contributed by atoms with van der Waals surface area (Å²) < 4.78 is 6.48. The van der Waals surface area contributed by atoms with Crippen molar-refractivity contribution in [1.29, 1.82) is 0 Å². The van der Waals surface area contributed by atoms with E-state index >= 15 is 0 Å². The Morgan fingerprint density at radius 1 is 1.15 bits per heavy atom. The lowest BCUT2D eigenvalue weighted by Crippen LogP contribution is -2.03. The smallest absolute Gasteiger partial charge is 0.128 e. The minimum absolute atomic E-state index is 0.507. The van der Waals surface area contributed by atoms with Crippen LogP contribution in [-0.4, -0.2) is 11.7 Å². The summed E-state index contributed by atoms with van der Waals surface area (Å²) in [5.74, 6) is 0.720. The Balaban J connectivity index is 2.11. The van der Waals surface area contributed by atoms with Gasteiger partial charge in [-0.1, -0.05) is 39.1 Å². The molecule has 1 aliphatic heterocycles. The van der Waals surface area contributed by atoms with Gasteiger partial charge in [-0.2, -0.15) is 0 Å². The minimum Gasteiger partial charge on any atom is -0.493 e. The number of benzene rings is 2. The molecule has 1 heterocycles. The molecule has 2 aromatic rings. The van der Waals surface area contributed by atoms with E-state index in [0.29, 0.717) is 27.8 Å². The lowest BCUT2D eigenvalue weighted by molar-refractivity contribution is 0.214. The number of hydrogen-bond acceptors (Lipinski definition) is 2. The van der Waals surface area contributed by atoms with Crippen molar-refractivity contribution in [2.75, 3.05) is 6.61 Å². The molecule has 3 rings (SSSR count). The summed E-state index contributed by atoms with van der Waals surface area (Å²) in [5.41, 5.74) is 2.31. The summed E-state index contributed by atoms with van der Waals surface area (Å²) in [7, 11) is 0. The van der Waals surface area contributed by atoms with Crippen molar-refractivity contribution in [3.63, 3.8) is 0 Å². The predicted molar refractivity (Wildman–Crippen MR) is 83.9 cm³/mol. The van der Waals surface area contributed by atoms with Gasteiger partial charge in [0, 0.05) is 32.1 Å². The van der Waals surface area contributed by atoms with Crippen LogP contribution >= 0.6 is 39.1 Å². The molecule has 0 spiro atoms. The van der Waals surface area contributed by atoms with E-state index in [0.717, 1.165) is 22.2 Å². The fourth-order valence-corrected chi connectivity index (χ4v) is 3.24. The van der Waals surface area contributed by atoms with Gasteiger partial charge in [0.1, 0.15) is 11.9 Å². The maximum atomic E-state index is 10.6. The Hall–Kier alpha value is -0.740. The summed E-state index contributed by atoms with van der Waals surface area (Å²) in [4.78, 5) is 0. The van der Waals surface area contributed by atoms with Crippen LogP contribution < -0.4 is 4.74 Å². The maximum absolute atomic E-state index is 10.6. The largest absolute Gasteiger partial charge is 0.493 e. The Labute approximate surface area is 135 Å². The van der Waals surface area contributed by atoms with Crippen LogP contribution in [0.4, 0.5) is 0 Å². The van der Waals surface area contributed by atoms with Crippen molar-refractivity contribution >= 4 is 39.1 Å². The molecule has 104 valence electrons. The number of fused-ring (bicyclic) bond motifs is 1. The molecule has 5 heteroatoms. The zero-order valence-corrected chi connectivity index (χ0v) is 13.5. The highest BCUT2D eigenvalue weighted by atomic mass is 79.9. The second kappa shape index (κ2) is 5.57. The number of ether oxygens (including phenoxy) is 1. The van der Waals surface area contributed by atoms with Crippen LogP contribution in [0.1, 0.15) is 22.8 Å². The van der Waals surface area contributed by atoms with Crippen LogP contribution in [-0.2, 0) is 6.42 Å². The van der Waals surface area contributed by atoms with Gasteiger partial charge in [0.15, 0.2) is 0 Å². The second-order valence-electron chi connectivity index (χ2n) is 4.65. The third-order valence-corrected chi connectivity index (χ3v) is 4.38. The normalized spacial score (nSPS) is 14.8. The molecular weight excluding hydrogens is 363 g/mol. The van der Waals surface area contributed by atoms with Gasteiger partial charge in [-0.05, 0) is 35.9 Å². The van der Waals surface area contributed by atoms with E-state index in [2.05, 4.69) is 15.9 Å². The molecule has 0 saturated carbocycles.